The molecule has 1 amide bonds. The molecule has 0 aliphatic heterocycles. The van der Waals surface area contributed by atoms with Crippen molar-refractivity contribution >= 4 is 17.2 Å². The van der Waals surface area contributed by atoms with Crippen LogP contribution in [0.1, 0.15) is 26.6 Å². The maximum Gasteiger partial charge on any atom is 0.254 e. The highest BCUT2D eigenvalue weighted by atomic mass is 32.1. The smallest absolute Gasteiger partial charge is 0.254 e. The number of amides is 1. The second-order valence-electron chi connectivity index (χ2n) is 6.56. The Morgan fingerprint density at radius 2 is 2.00 bits per heavy atom. The van der Waals surface area contributed by atoms with E-state index < -0.39 is 0 Å². The van der Waals surface area contributed by atoms with Crippen LogP contribution in [-0.2, 0) is 17.9 Å². The fourth-order valence-electron chi connectivity index (χ4n) is 2.76. The van der Waals surface area contributed by atoms with Crippen LogP contribution in [0.4, 0.5) is 4.39 Å². The molecule has 7 heteroatoms. The van der Waals surface area contributed by atoms with E-state index in [0.717, 1.165) is 22.0 Å². The second-order valence-corrected chi connectivity index (χ2v) is 7.51. The van der Waals surface area contributed by atoms with E-state index in [2.05, 4.69) is 4.98 Å². The number of nitrogens with zero attached hydrogens (tertiary/aromatic N) is 2. The Labute approximate surface area is 173 Å². The zero-order valence-electron chi connectivity index (χ0n) is 16.4. The van der Waals surface area contributed by atoms with Crippen molar-refractivity contribution in [3.05, 3.63) is 81.6 Å². The molecule has 1 heterocycles. The number of hydrogen-bond acceptors (Lipinski definition) is 5. The average molecular weight is 415 g/mol. The summed E-state index contributed by atoms with van der Waals surface area (Å²) in [7, 11) is 1.59. The van der Waals surface area contributed by atoms with Crippen LogP contribution in [0.25, 0.3) is 0 Å². The van der Waals surface area contributed by atoms with Crippen molar-refractivity contribution in [2.45, 2.75) is 20.1 Å². The normalized spacial score (nSPS) is 10.7. The zero-order valence-corrected chi connectivity index (χ0v) is 17.2. The van der Waals surface area contributed by atoms with Gasteiger partial charge in [-0.05, 0) is 48.9 Å². The van der Waals surface area contributed by atoms with Crippen molar-refractivity contribution in [3.8, 4) is 5.75 Å². The number of aryl methyl sites for hydroxylation is 1. The van der Waals surface area contributed by atoms with Gasteiger partial charge < -0.3 is 14.4 Å². The van der Waals surface area contributed by atoms with Crippen molar-refractivity contribution in [3.63, 3.8) is 0 Å². The minimum atomic E-state index is -0.372. The second kappa shape index (κ2) is 10.1. The Balaban J connectivity index is 1.64. The van der Waals surface area contributed by atoms with Gasteiger partial charge in [0.15, 0.2) is 0 Å². The maximum absolute atomic E-state index is 13.2. The molecule has 0 N–H and O–H groups in total. The van der Waals surface area contributed by atoms with E-state index >= 15 is 0 Å². The number of carbonyl (C=O) groups is 1. The number of thiazole rings is 1. The highest BCUT2D eigenvalue weighted by Gasteiger charge is 2.17. The third-order valence-electron chi connectivity index (χ3n) is 4.25. The number of carbonyl (C=O) groups excluding carboxylic acids is 1. The molecule has 0 aliphatic carbocycles. The predicted molar refractivity (Wildman–Crippen MR) is 111 cm³/mol. The topological polar surface area (TPSA) is 51.7 Å². The fourth-order valence-corrected chi connectivity index (χ4v) is 3.46. The number of hydrogen-bond donors (Lipinski definition) is 0. The molecule has 0 aliphatic rings. The lowest BCUT2D eigenvalue weighted by Crippen LogP contribution is -2.33. The van der Waals surface area contributed by atoms with E-state index in [1.54, 1.807) is 12.0 Å². The Morgan fingerprint density at radius 3 is 2.72 bits per heavy atom. The summed E-state index contributed by atoms with van der Waals surface area (Å²) in [6.07, 6.45) is 0. The van der Waals surface area contributed by atoms with Crippen molar-refractivity contribution in [2.24, 2.45) is 0 Å². The van der Waals surface area contributed by atoms with Gasteiger partial charge in [0.25, 0.3) is 5.91 Å². The number of rotatable bonds is 9. The molecule has 5 nitrogen and oxygen atoms in total. The summed E-state index contributed by atoms with van der Waals surface area (Å²) >= 11 is 1.49. The van der Waals surface area contributed by atoms with E-state index in [1.165, 1.54) is 35.6 Å². The molecule has 0 unspecified atom stereocenters. The first-order valence-electron chi connectivity index (χ1n) is 9.21. The van der Waals surface area contributed by atoms with Gasteiger partial charge in [-0.25, -0.2) is 9.37 Å². The monoisotopic (exact) mass is 414 g/mol. The molecule has 0 saturated heterocycles. The summed E-state index contributed by atoms with van der Waals surface area (Å²) in [4.78, 5) is 19.0. The molecule has 29 heavy (non-hydrogen) atoms. The molecule has 0 atom stereocenters. The minimum absolute atomic E-state index is 0.187. The lowest BCUT2D eigenvalue weighted by atomic mass is 10.2. The Bertz CT molecular complexity index is 943. The van der Waals surface area contributed by atoms with Crippen molar-refractivity contribution < 1.29 is 18.7 Å². The quantitative estimate of drug-likeness (QED) is 0.519. The van der Waals surface area contributed by atoms with Gasteiger partial charge in [-0.1, -0.05) is 12.1 Å². The van der Waals surface area contributed by atoms with E-state index in [0.29, 0.717) is 31.9 Å². The summed E-state index contributed by atoms with van der Waals surface area (Å²) in [5.74, 6) is 0.241. The van der Waals surface area contributed by atoms with Gasteiger partial charge in [-0.15, -0.1) is 11.3 Å². The van der Waals surface area contributed by atoms with E-state index in [9.17, 15) is 9.18 Å². The van der Waals surface area contributed by atoms with Crippen molar-refractivity contribution in [2.75, 3.05) is 20.3 Å². The van der Waals surface area contributed by atoms with Gasteiger partial charge in [-0.3, -0.25) is 4.79 Å². The Hall–Kier alpha value is -2.77. The first kappa shape index (κ1) is 21.0. The maximum atomic E-state index is 13.2. The molecule has 152 valence electrons. The van der Waals surface area contributed by atoms with Crippen LogP contribution in [0.15, 0.2) is 53.9 Å². The van der Waals surface area contributed by atoms with Crippen LogP contribution in [0.2, 0.25) is 0 Å². The van der Waals surface area contributed by atoms with Gasteiger partial charge in [0, 0.05) is 24.6 Å². The number of benzene rings is 2. The number of ether oxygens (including phenoxy) is 2. The summed E-state index contributed by atoms with van der Waals surface area (Å²) in [6, 6.07) is 13.4. The van der Waals surface area contributed by atoms with E-state index in [1.807, 2.05) is 36.6 Å². The molecule has 3 aromatic rings. The summed E-state index contributed by atoms with van der Waals surface area (Å²) in [5, 5.41) is 2.76. The first-order chi connectivity index (χ1) is 14.0. The number of methoxy groups -OCH3 is 1. The van der Waals surface area contributed by atoms with Crippen LogP contribution in [-0.4, -0.2) is 36.1 Å². The molecule has 1 aromatic heterocycles. The molecule has 3 rings (SSSR count). The largest absolute Gasteiger partial charge is 0.486 e. The molecule has 0 bridgehead atoms. The molecular formula is C22H23FN2O3S. The number of halogens is 1. The lowest BCUT2D eigenvalue weighted by Gasteiger charge is -2.21. The number of aromatic nitrogens is 1. The van der Waals surface area contributed by atoms with Gasteiger partial charge in [0.1, 0.15) is 23.2 Å². The third kappa shape index (κ3) is 6.10. The minimum Gasteiger partial charge on any atom is -0.486 e. The summed E-state index contributed by atoms with van der Waals surface area (Å²) in [5.41, 5.74) is 2.35. The van der Waals surface area contributed by atoms with Gasteiger partial charge in [-0.2, -0.15) is 0 Å². The Kier molecular flexibility index (Phi) is 7.32. The van der Waals surface area contributed by atoms with Gasteiger partial charge in [0.2, 0.25) is 0 Å². The molecule has 0 spiro atoms. The van der Waals surface area contributed by atoms with Crippen LogP contribution in [0.3, 0.4) is 0 Å². The third-order valence-corrected chi connectivity index (χ3v) is 5.12. The van der Waals surface area contributed by atoms with Gasteiger partial charge >= 0.3 is 0 Å². The highest BCUT2D eigenvalue weighted by molar-refractivity contribution is 7.09. The van der Waals surface area contributed by atoms with Crippen LogP contribution in [0, 0.1) is 12.7 Å². The van der Waals surface area contributed by atoms with E-state index in [-0.39, 0.29) is 11.7 Å². The van der Waals surface area contributed by atoms with Crippen molar-refractivity contribution in [1.29, 1.82) is 0 Å². The Morgan fingerprint density at radius 1 is 1.21 bits per heavy atom. The first-order valence-corrected chi connectivity index (χ1v) is 10.1. The fraction of sp³-hybridized carbons (Fsp3) is 0.273. The van der Waals surface area contributed by atoms with Crippen LogP contribution < -0.4 is 4.74 Å². The SMILES string of the molecule is COCCN(Cc1csc(COc2cccc(C)c2)n1)C(=O)c1ccc(F)cc1. The predicted octanol–water partition coefficient (Wildman–Crippen LogP) is 4.46. The summed E-state index contributed by atoms with van der Waals surface area (Å²) in [6.45, 7) is 3.56. The van der Waals surface area contributed by atoms with Crippen molar-refractivity contribution in [1.82, 2.24) is 9.88 Å². The molecular weight excluding hydrogens is 391 g/mol. The molecule has 0 radical (unpaired) electrons. The zero-order chi connectivity index (χ0) is 20.6. The van der Waals surface area contributed by atoms with Gasteiger partial charge in [0.05, 0.1) is 18.8 Å². The lowest BCUT2D eigenvalue weighted by molar-refractivity contribution is 0.0678. The summed E-state index contributed by atoms with van der Waals surface area (Å²) < 4.78 is 24.1. The van der Waals surface area contributed by atoms with Crippen LogP contribution in [0.5, 0.6) is 5.75 Å². The molecule has 0 saturated carbocycles. The standard InChI is InChI=1S/C22H23FN2O3S/c1-16-4-3-5-20(12-16)28-14-21-24-19(15-29-21)13-25(10-11-27-2)22(26)17-6-8-18(23)9-7-17/h3-9,12,15H,10-11,13-14H2,1-2H3. The average Bonchev–Trinajstić information content (AvgIpc) is 3.17. The molecule has 0 fully saturated rings. The highest BCUT2D eigenvalue weighted by Crippen LogP contribution is 2.18. The van der Waals surface area contributed by atoms with Crippen LogP contribution >= 0.6 is 11.3 Å². The molecule has 2 aromatic carbocycles. The van der Waals surface area contributed by atoms with E-state index in [4.69, 9.17) is 9.47 Å².